The fraction of sp³-hybridized carbons (Fsp3) is 0.846. The van der Waals surface area contributed by atoms with Gasteiger partial charge in [0, 0.05) is 13.1 Å². The molecule has 0 aromatic rings. The Morgan fingerprint density at radius 3 is 2.28 bits per heavy atom. The SMILES string of the molecule is CCC1CCN(C(=O)N[C@@H](C(=O)O)C(C)C)CC1. The quantitative estimate of drug-likeness (QED) is 0.807. The average molecular weight is 256 g/mol. The summed E-state index contributed by atoms with van der Waals surface area (Å²) < 4.78 is 0. The molecule has 1 aliphatic heterocycles. The highest BCUT2D eigenvalue weighted by Crippen LogP contribution is 2.20. The third kappa shape index (κ3) is 3.89. The monoisotopic (exact) mass is 256 g/mol. The van der Waals surface area contributed by atoms with Crippen LogP contribution in [0.1, 0.15) is 40.0 Å². The molecule has 2 N–H and O–H groups in total. The molecule has 1 rings (SSSR count). The van der Waals surface area contributed by atoms with Crippen LogP contribution in [0.5, 0.6) is 0 Å². The molecular formula is C13H24N2O3. The van der Waals surface area contributed by atoms with Gasteiger partial charge < -0.3 is 15.3 Å². The van der Waals surface area contributed by atoms with E-state index in [0.717, 1.165) is 32.4 Å². The van der Waals surface area contributed by atoms with E-state index in [4.69, 9.17) is 5.11 Å². The molecule has 0 aromatic heterocycles. The molecule has 0 unspecified atom stereocenters. The highest BCUT2D eigenvalue weighted by Gasteiger charge is 2.27. The zero-order chi connectivity index (χ0) is 13.7. The molecule has 2 amide bonds. The molecule has 0 spiro atoms. The predicted octanol–water partition coefficient (Wildman–Crippen LogP) is 1.93. The third-order valence-corrected chi connectivity index (χ3v) is 3.69. The molecule has 0 bridgehead atoms. The lowest BCUT2D eigenvalue weighted by atomic mass is 9.94. The van der Waals surface area contributed by atoms with Crippen LogP contribution in [0, 0.1) is 11.8 Å². The average Bonchev–Trinajstić information content (AvgIpc) is 2.35. The normalized spacial score (nSPS) is 18.8. The molecule has 18 heavy (non-hydrogen) atoms. The van der Waals surface area contributed by atoms with E-state index in [-0.39, 0.29) is 11.9 Å². The Kier molecular flexibility index (Phi) is 5.44. The number of aliphatic carboxylic acids is 1. The minimum absolute atomic E-state index is 0.111. The number of hydrogen-bond donors (Lipinski definition) is 2. The Hall–Kier alpha value is -1.26. The van der Waals surface area contributed by atoms with Crippen molar-refractivity contribution in [2.24, 2.45) is 11.8 Å². The Morgan fingerprint density at radius 1 is 1.33 bits per heavy atom. The number of amides is 2. The third-order valence-electron chi connectivity index (χ3n) is 3.69. The van der Waals surface area contributed by atoms with Crippen molar-refractivity contribution < 1.29 is 14.7 Å². The lowest BCUT2D eigenvalue weighted by Gasteiger charge is -2.32. The first-order valence-corrected chi connectivity index (χ1v) is 6.74. The highest BCUT2D eigenvalue weighted by atomic mass is 16.4. The van der Waals surface area contributed by atoms with E-state index in [1.54, 1.807) is 18.7 Å². The Morgan fingerprint density at radius 2 is 1.89 bits per heavy atom. The van der Waals surface area contributed by atoms with Crippen molar-refractivity contribution in [2.45, 2.75) is 46.1 Å². The van der Waals surface area contributed by atoms with Crippen LogP contribution in [-0.4, -0.2) is 41.1 Å². The van der Waals surface area contributed by atoms with Gasteiger partial charge >= 0.3 is 12.0 Å². The Bertz CT molecular complexity index is 297. The summed E-state index contributed by atoms with van der Waals surface area (Å²) in [6, 6.07) is -1.05. The van der Waals surface area contributed by atoms with E-state index < -0.39 is 12.0 Å². The standard InChI is InChI=1S/C13H24N2O3/c1-4-10-5-7-15(8-6-10)13(18)14-11(9(2)3)12(16)17/h9-11H,4-8H2,1-3H3,(H,14,18)(H,16,17)/t11-/m1/s1. The minimum atomic E-state index is -0.971. The largest absolute Gasteiger partial charge is 0.480 e. The maximum Gasteiger partial charge on any atom is 0.326 e. The second-order valence-corrected chi connectivity index (χ2v) is 5.35. The van der Waals surface area contributed by atoms with Crippen molar-refractivity contribution in [3.05, 3.63) is 0 Å². The van der Waals surface area contributed by atoms with Gasteiger partial charge in [0.25, 0.3) is 0 Å². The molecule has 0 aromatic carbocycles. The summed E-state index contributed by atoms with van der Waals surface area (Å²) in [4.78, 5) is 24.7. The number of carbonyl (C=O) groups is 2. The molecule has 1 fully saturated rings. The summed E-state index contributed by atoms with van der Waals surface area (Å²) in [5, 5.41) is 11.6. The maximum atomic E-state index is 12.0. The number of carboxylic acid groups (broad SMARTS) is 1. The number of piperidine rings is 1. The number of carboxylic acids is 1. The van der Waals surface area contributed by atoms with Crippen LogP contribution in [0.2, 0.25) is 0 Å². The first kappa shape index (κ1) is 14.8. The lowest BCUT2D eigenvalue weighted by molar-refractivity contribution is -0.140. The lowest BCUT2D eigenvalue weighted by Crippen LogP contribution is -2.51. The number of carbonyl (C=O) groups excluding carboxylic acids is 1. The van der Waals surface area contributed by atoms with Crippen molar-refractivity contribution >= 4 is 12.0 Å². The predicted molar refractivity (Wildman–Crippen MR) is 69.4 cm³/mol. The van der Waals surface area contributed by atoms with E-state index in [0.29, 0.717) is 5.92 Å². The molecular weight excluding hydrogens is 232 g/mol. The van der Waals surface area contributed by atoms with Crippen LogP contribution in [0.3, 0.4) is 0 Å². The van der Waals surface area contributed by atoms with Gasteiger partial charge in [-0.05, 0) is 24.7 Å². The second-order valence-electron chi connectivity index (χ2n) is 5.35. The van der Waals surface area contributed by atoms with Gasteiger partial charge in [0.2, 0.25) is 0 Å². The summed E-state index contributed by atoms with van der Waals surface area (Å²) in [6.07, 6.45) is 3.19. The summed E-state index contributed by atoms with van der Waals surface area (Å²) in [5.41, 5.74) is 0. The summed E-state index contributed by atoms with van der Waals surface area (Å²) in [5.74, 6) is -0.379. The molecule has 0 saturated carbocycles. The van der Waals surface area contributed by atoms with Gasteiger partial charge in [-0.15, -0.1) is 0 Å². The van der Waals surface area contributed by atoms with Crippen molar-refractivity contribution in [1.29, 1.82) is 0 Å². The molecule has 1 saturated heterocycles. The van der Waals surface area contributed by atoms with Gasteiger partial charge in [-0.25, -0.2) is 9.59 Å². The zero-order valence-electron chi connectivity index (χ0n) is 11.5. The Balaban J connectivity index is 2.48. The van der Waals surface area contributed by atoms with Gasteiger partial charge in [0.15, 0.2) is 0 Å². The molecule has 5 heteroatoms. The van der Waals surface area contributed by atoms with Crippen molar-refractivity contribution in [3.63, 3.8) is 0 Å². The fourth-order valence-corrected chi connectivity index (χ4v) is 2.28. The first-order chi connectivity index (χ1) is 8.45. The maximum absolute atomic E-state index is 12.0. The molecule has 1 atom stereocenters. The van der Waals surface area contributed by atoms with Gasteiger partial charge in [-0.3, -0.25) is 0 Å². The van der Waals surface area contributed by atoms with Crippen LogP contribution >= 0.6 is 0 Å². The summed E-state index contributed by atoms with van der Waals surface area (Å²) in [6.45, 7) is 7.22. The summed E-state index contributed by atoms with van der Waals surface area (Å²) >= 11 is 0. The van der Waals surface area contributed by atoms with E-state index in [2.05, 4.69) is 12.2 Å². The van der Waals surface area contributed by atoms with Crippen LogP contribution in [0.25, 0.3) is 0 Å². The summed E-state index contributed by atoms with van der Waals surface area (Å²) in [7, 11) is 0. The van der Waals surface area contributed by atoms with Gasteiger partial charge in [0.1, 0.15) is 6.04 Å². The van der Waals surface area contributed by atoms with Crippen LogP contribution in [-0.2, 0) is 4.79 Å². The van der Waals surface area contributed by atoms with Crippen molar-refractivity contribution in [1.82, 2.24) is 10.2 Å². The molecule has 1 heterocycles. The van der Waals surface area contributed by atoms with Gasteiger partial charge in [0.05, 0.1) is 0 Å². The first-order valence-electron chi connectivity index (χ1n) is 6.74. The van der Waals surface area contributed by atoms with E-state index in [1.165, 1.54) is 0 Å². The van der Waals surface area contributed by atoms with E-state index in [9.17, 15) is 9.59 Å². The van der Waals surface area contributed by atoms with Crippen LogP contribution in [0.4, 0.5) is 4.79 Å². The number of nitrogens with zero attached hydrogens (tertiary/aromatic N) is 1. The van der Waals surface area contributed by atoms with E-state index >= 15 is 0 Å². The minimum Gasteiger partial charge on any atom is -0.480 e. The number of likely N-dealkylation sites (tertiary alicyclic amines) is 1. The highest BCUT2D eigenvalue weighted by molar-refractivity contribution is 5.82. The number of urea groups is 1. The molecule has 0 aliphatic carbocycles. The van der Waals surface area contributed by atoms with E-state index in [1.807, 2.05) is 0 Å². The molecule has 104 valence electrons. The second kappa shape index (κ2) is 6.61. The molecule has 0 radical (unpaired) electrons. The van der Waals surface area contributed by atoms with Crippen LogP contribution in [0.15, 0.2) is 0 Å². The zero-order valence-corrected chi connectivity index (χ0v) is 11.5. The van der Waals surface area contributed by atoms with Crippen molar-refractivity contribution in [2.75, 3.05) is 13.1 Å². The van der Waals surface area contributed by atoms with Crippen molar-refractivity contribution in [3.8, 4) is 0 Å². The van der Waals surface area contributed by atoms with Crippen LogP contribution < -0.4 is 5.32 Å². The smallest absolute Gasteiger partial charge is 0.326 e. The number of hydrogen-bond acceptors (Lipinski definition) is 2. The Labute approximate surface area is 109 Å². The number of rotatable bonds is 4. The fourth-order valence-electron chi connectivity index (χ4n) is 2.28. The van der Waals surface area contributed by atoms with Gasteiger partial charge in [-0.1, -0.05) is 27.2 Å². The molecule has 1 aliphatic rings. The van der Waals surface area contributed by atoms with Gasteiger partial charge in [-0.2, -0.15) is 0 Å². The topological polar surface area (TPSA) is 69.6 Å². The number of nitrogens with one attached hydrogen (secondary N) is 1. The molecule has 5 nitrogen and oxygen atoms in total.